The minimum atomic E-state index is -4.50. The second-order valence-corrected chi connectivity index (χ2v) is 5.94. The topological polar surface area (TPSA) is 92.8 Å². The summed E-state index contributed by atoms with van der Waals surface area (Å²) in [6, 6.07) is 11.5. The Morgan fingerprint density at radius 2 is 1.96 bits per heavy atom. The van der Waals surface area contributed by atoms with Gasteiger partial charge in [-0.3, -0.25) is 4.79 Å². The van der Waals surface area contributed by atoms with Gasteiger partial charge in [0.15, 0.2) is 5.82 Å². The number of hydrogen-bond acceptors (Lipinski definition) is 5. The number of aromatic amines is 1. The molecule has 0 saturated heterocycles. The number of methoxy groups -OCH3 is 1. The van der Waals surface area contributed by atoms with Crippen molar-refractivity contribution >= 4 is 11.6 Å². The Bertz CT molecular complexity index is 927. The zero-order valence-corrected chi connectivity index (χ0v) is 14.7. The third kappa shape index (κ3) is 4.64. The quantitative estimate of drug-likeness (QED) is 0.673. The van der Waals surface area contributed by atoms with Crippen molar-refractivity contribution in [2.24, 2.45) is 0 Å². The van der Waals surface area contributed by atoms with Crippen molar-refractivity contribution in [2.45, 2.75) is 18.5 Å². The van der Waals surface area contributed by atoms with Crippen LogP contribution in [-0.2, 0) is 17.4 Å². The number of H-pyrrole nitrogens is 1. The fourth-order valence-electron chi connectivity index (χ4n) is 2.62. The smallest absolute Gasteiger partial charge is 0.416 e. The van der Waals surface area contributed by atoms with Crippen LogP contribution in [-0.4, -0.2) is 33.6 Å². The highest BCUT2D eigenvalue weighted by molar-refractivity contribution is 5.95. The van der Waals surface area contributed by atoms with Gasteiger partial charge in [0.2, 0.25) is 5.91 Å². The van der Waals surface area contributed by atoms with Crippen LogP contribution in [0, 0.1) is 0 Å². The molecule has 0 aliphatic rings. The summed E-state index contributed by atoms with van der Waals surface area (Å²) in [6.45, 7) is 0. The van der Waals surface area contributed by atoms with Gasteiger partial charge in [-0.1, -0.05) is 23.4 Å². The highest BCUT2D eigenvalue weighted by Crippen LogP contribution is 2.31. The fraction of sp³-hybridized carbons (Fsp3) is 0.222. The Morgan fingerprint density at radius 3 is 2.57 bits per heavy atom. The van der Waals surface area contributed by atoms with E-state index in [0.717, 1.165) is 17.7 Å². The van der Waals surface area contributed by atoms with Crippen molar-refractivity contribution in [2.75, 3.05) is 12.4 Å². The third-order valence-corrected chi connectivity index (χ3v) is 4.05. The molecule has 1 unspecified atom stereocenters. The van der Waals surface area contributed by atoms with Gasteiger partial charge in [-0.05, 0) is 42.3 Å². The molecule has 3 rings (SSSR count). The first kappa shape index (κ1) is 19.3. The van der Waals surface area contributed by atoms with Crippen LogP contribution in [0.4, 0.5) is 18.9 Å². The van der Waals surface area contributed by atoms with E-state index in [0.29, 0.717) is 5.75 Å². The molecular formula is C18H16F3N5O2. The molecule has 146 valence electrons. The number of hydrogen-bond donors (Lipinski definition) is 2. The molecule has 0 fully saturated rings. The summed E-state index contributed by atoms with van der Waals surface area (Å²) >= 11 is 0. The van der Waals surface area contributed by atoms with Crippen molar-refractivity contribution in [1.82, 2.24) is 20.6 Å². The van der Waals surface area contributed by atoms with E-state index in [1.807, 2.05) is 0 Å². The van der Waals surface area contributed by atoms with Gasteiger partial charge < -0.3 is 10.1 Å². The van der Waals surface area contributed by atoms with Gasteiger partial charge in [-0.2, -0.15) is 18.4 Å². The Balaban J connectivity index is 1.81. The normalized spacial score (nSPS) is 12.4. The first-order chi connectivity index (χ1) is 13.4. The van der Waals surface area contributed by atoms with E-state index in [2.05, 4.69) is 25.9 Å². The lowest BCUT2D eigenvalue weighted by Gasteiger charge is -2.15. The maximum absolute atomic E-state index is 12.9. The summed E-state index contributed by atoms with van der Waals surface area (Å²) in [7, 11) is 1.54. The molecule has 28 heavy (non-hydrogen) atoms. The summed E-state index contributed by atoms with van der Waals surface area (Å²) in [6.07, 6.45) is -4.27. The molecule has 1 amide bonds. The molecule has 2 N–H and O–H groups in total. The molecule has 3 aromatic rings. The van der Waals surface area contributed by atoms with E-state index in [1.54, 1.807) is 31.4 Å². The van der Waals surface area contributed by atoms with Gasteiger partial charge in [0.25, 0.3) is 0 Å². The Morgan fingerprint density at radius 1 is 1.21 bits per heavy atom. The second kappa shape index (κ2) is 8.07. The monoisotopic (exact) mass is 391 g/mol. The van der Waals surface area contributed by atoms with Crippen molar-refractivity contribution in [3.63, 3.8) is 0 Å². The van der Waals surface area contributed by atoms with Crippen molar-refractivity contribution in [3.05, 3.63) is 65.5 Å². The summed E-state index contributed by atoms with van der Waals surface area (Å²) < 4.78 is 43.7. The molecule has 0 saturated carbocycles. The molecule has 10 heteroatoms. The number of halogens is 3. The highest BCUT2D eigenvalue weighted by Gasteiger charge is 2.31. The van der Waals surface area contributed by atoms with Crippen LogP contribution in [0.3, 0.4) is 0 Å². The molecule has 0 spiro atoms. The van der Waals surface area contributed by atoms with Crippen molar-refractivity contribution in [1.29, 1.82) is 0 Å². The molecule has 2 aromatic carbocycles. The molecular weight excluding hydrogens is 375 g/mol. The van der Waals surface area contributed by atoms with Gasteiger partial charge in [0.05, 0.1) is 12.7 Å². The van der Waals surface area contributed by atoms with Crippen LogP contribution in [0.15, 0.2) is 48.5 Å². The van der Waals surface area contributed by atoms with Crippen molar-refractivity contribution in [3.8, 4) is 5.75 Å². The molecule has 0 aliphatic carbocycles. The lowest BCUT2D eigenvalue weighted by molar-refractivity contribution is -0.137. The molecule has 7 nitrogen and oxygen atoms in total. The zero-order chi connectivity index (χ0) is 20.1. The van der Waals surface area contributed by atoms with Gasteiger partial charge in [-0.15, -0.1) is 10.2 Å². The molecule has 0 radical (unpaired) electrons. The van der Waals surface area contributed by atoms with E-state index >= 15 is 0 Å². The first-order valence-electron chi connectivity index (χ1n) is 8.21. The number of nitrogens with one attached hydrogen (secondary N) is 2. The number of carbonyl (C=O) groups excluding carboxylic acids is 1. The fourth-order valence-corrected chi connectivity index (χ4v) is 2.62. The van der Waals surface area contributed by atoms with E-state index in [4.69, 9.17) is 4.74 Å². The maximum Gasteiger partial charge on any atom is 0.416 e. The van der Waals surface area contributed by atoms with Crippen LogP contribution in [0.2, 0.25) is 0 Å². The number of nitrogens with zero attached hydrogens (tertiary/aromatic N) is 3. The maximum atomic E-state index is 12.9. The molecule has 0 bridgehead atoms. The van der Waals surface area contributed by atoms with Gasteiger partial charge >= 0.3 is 6.18 Å². The second-order valence-electron chi connectivity index (χ2n) is 5.94. The molecule has 1 heterocycles. The number of amides is 1. The van der Waals surface area contributed by atoms with Crippen LogP contribution >= 0.6 is 0 Å². The van der Waals surface area contributed by atoms with Crippen LogP contribution in [0.25, 0.3) is 0 Å². The Kier molecular flexibility index (Phi) is 5.57. The third-order valence-electron chi connectivity index (χ3n) is 4.05. The van der Waals surface area contributed by atoms with E-state index in [9.17, 15) is 18.0 Å². The SMILES string of the molecule is COc1ccc(CC(C(=O)Nc2cccc(C(F)(F)F)c2)c2nn[nH]n2)cc1. The molecule has 0 aliphatic heterocycles. The standard InChI is InChI=1S/C18H16F3N5O2/c1-28-14-7-5-11(6-8-14)9-15(16-23-25-26-24-16)17(27)22-13-4-2-3-12(10-13)18(19,20)21/h2-8,10,15H,9H2,1H3,(H,22,27)(H,23,24,25,26). The van der Waals surface area contributed by atoms with Crippen LogP contribution < -0.4 is 10.1 Å². The average Bonchev–Trinajstić information content (AvgIpc) is 3.20. The number of alkyl halides is 3. The molecule has 1 aromatic heterocycles. The first-order valence-corrected chi connectivity index (χ1v) is 8.21. The Labute approximate surface area is 157 Å². The number of carbonyl (C=O) groups is 1. The largest absolute Gasteiger partial charge is 0.497 e. The number of benzene rings is 2. The van der Waals surface area contributed by atoms with Crippen LogP contribution in [0.1, 0.15) is 22.9 Å². The lowest BCUT2D eigenvalue weighted by atomic mass is 9.97. The number of aromatic nitrogens is 4. The molecule has 1 atom stereocenters. The lowest BCUT2D eigenvalue weighted by Crippen LogP contribution is -2.24. The summed E-state index contributed by atoms with van der Waals surface area (Å²) in [5.74, 6) is -0.591. The Hall–Kier alpha value is -3.43. The minimum Gasteiger partial charge on any atom is -0.497 e. The minimum absolute atomic E-state index is 0.0306. The number of anilines is 1. The van der Waals surface area contributed by atoms with Gasteiger partial charge in [0, 0.05) is 5.69 Å². The van der Waals surface area contributed by atoms with Crippen LogP contribution in [0.5, 0.6) is 5.75 Å². The number of tetrazole rings is 1. The summed E-state index contributed by atoms with van der Waals surface area (Å²) in [5, 5.41) is 16.0. The highest BCUT2D eigenvalue weighted by atomic mass is 19.4. The average molecular weight is 391 g/mol. The van der Waals surface area contributed by atoms with E-state index < -0.39 is 23.6 Å². The predicted octanol–water partition coefficient (Wildman–Crippen LogP) is 3.19. The van der Waals surface area contributed by atoms with E-state index in [1.165, 1.54) is 12.1 Å². The van der Waals surface area contributed by atoms with E-state index in [-0.39, 0.29) is 17.9 Å². The summed E-state index contributed by atoms with van der Waals surface area (Å²) in [5.41, 5.74) is -0.0191. The van der Waals surface area contributed by atoms with Gasteiger partial charge in [0.1, 0.15) is 11.7 Å². The number of rotatable bonds is 6. The van der Waals surface area contributed by atoms with Crippen molar-refractivity contribution < 1.29 is 22.7 Å². The number of ether oxygens (including phenoxy) is 1. The zero-order valence-electron chi connectivity index (χ0n) is 14.7. The predicted molar refractivity (Wildman–Crippen MR) is 93.7 cm³/mol. The van der Waals surface area contributed by atoms with Gasteiger partial charge in [-0.25, -0.2) is 0 Å². The summed E-state index contributed by atoms with van der Waals surface area (Å²) in [4.78, 5) is 12.8.